The Bertz CT molecular complexity index is 906. The van der Waals surface area contributed by atoms with E-state index in [2.05, 4.69) is 5.10 Å². The van der Waals surface area contributed by atoms with Crippen molar-refractivity contribution < 1.29 is 9.78 Å². The molecule has 2 heterocycles. The fourth-order valence-corrected chi connectivity index (χ4v) is 3.03. The molecule has 3 rings (SSSR count). The van der Waals surface area contributed by atoms with E-state index in [1.807, 2.05) is 19.1 Å². The lowest BCUT2D eigenvalue weighted by atomic mass is 10.3. The predicted molar refractivity (Wildman–Crippen MR) is 94.3 cm³/mol. The van der Waals surface area contributed by atoms with Crippen LogP contribution in [0.4, 0.5) is 0 Å². The maximum atomic E-state index is 12.3. The lowest BCUT2D eigenvalue weighted by Gasteiger charge is -2.08. The van der Waals surface area contributed by atoms with E-state index in [-0.39, 0.29) is 17.4 Å². The summed E-state index contributed by atoms with van der Waals surface area (Å²) in [5.74, 6) is 0.0696. The molecule has 0 aliphatic heterocycles. The first-order valence-corrected chi connectivity index (χ1v) is 8.50. The van der Waals surface area contributed by atoms with E-state index in [0.717, 1.165) is 9.56 Å². The molecule has 0 amide bonds. The molecule has 8 heteroatoms. The highest BCUT2D eigenvalue weighted by Gasteiger charge is 2.13. The zero-order valence-electron chi connectivity index (χ0n) is 12.5. The van der Waals surface area contributed by atoms with Gasteiger partial charge in [-0.2, -0.15) is 14.7 Å². The van der Waals surface area contributed by atoms with Gasteiger partial charge in [-0.1, -0.05) is 23.2 Å². The molecule has 0 N–H and O–H groups in total. The molecule has 0 unspecified atom stereocenters. The first-order valence-electron chi connectivity index (χ1n) is 6.93. The molecule has 0 atom stereocenters. The van der Waals surface area contributed by atoms with Gasteiger partial charge in [-0.15, -0.1) is 11.3 Å². The molecule has 24 heavy (non-hydrogen) atoms. The Hall–Kier alpha value is -1.86. The Morgan fingerprint density at radius 2 is 1.92 bits per heavy atom. The minimum absolute atomic E-state index is 0.0696. The number of hydrogen-bond acceptors (Lipinski definition) is 5. The molecule has 124 valence electrons. The number of benzene rings is 1. The highest BCUT2D eigenvalue weighted by atomic mass is 35.5. The molecule has 0 spiro atoms. The topological polar surface area (TPSA) is 53.4 Å². The Balaban J connectivity index is 1.75. The van der Waals surface area contributed by atoms with Gasteiger partial charge in [0.25, 0.3) is 5.56 Å². The van der Waals surface area contributed by atoms with Crippen LogP contribution in [0.3, 0.4) is 0 Å². The van der Waals surface area contributed by atoms with Gasteiger partial charge in [0.05, 0.1) is 11.9 Å². The van der Waals surface area contributed by atoms with Crippen LogP contribution in [0.15, 0.2) is 47.4 Å². The van der Waals surface area contributed by atoms with Gasteiger partial charge in [-0.05, 0) is 43.3 Å². The van der Waals surface area contributed by atoms with E-state index in [9.17, 15) is 4.79 Å². The highest BCUT2D eigenvalue weighted by molar-refractivity contribution is 7.11. The molecule has 5 nitrogen and oxygen atoms in total. The smallest absolute Gasteiger partial charge is 0.294 e. The fraction of sp³-hybridized carbons (Fsp3) is 0.125. The number of rotatable bonds is 5. The van der Waals surface area contributed by atoms with E-state index in [0.29, 0.717) is 10.7 Å². The summed E-state index contributed by atoms with van der Waals surface area (Å²) >= 11 is 13.5. The molecule has 0 radical (unpaired) electrons. The van der Waals surface area contributed by atoms with Crippen molar-refractivity contribution in [2.75, 3.05) is 0 Å². The van der Waals surface area contributed by atoms with E-state index < -0.39 is 5.56 Å². The van der Waals surface area contributed by atoms with Crippen molar-refractivity contribution >= 4 is 34.5 Å². The molecule has 0 aliphatic carbocycles. The lowest BCUT2D eigenvalue weighted by Crippen LogP contribution is -2.22. The Kier molecular flexibility index (Phi) is 5.20. The van der Waals surface area contributed by atoms with Crippen LogP contribution in [0.5, 0.6) is 5.75 Å². The van der Waals surface area contributed by atoms with Crippen LogP contribution in [-0.4, -0.2) is 9.78 Å². The monoisotopic (exact) mass is 382 g/mol. The molecule has 0 bridgehead atoms. The molecule has 1 aromatic carbocycles. The van der Waals surface area contributed by atoms with Crippen LogP contribution >= 0.6 is 34.5 Å². The van der Waals surface area contributed by atoms with E-state index in [4.69, 9.17) is 33.0 Å². The summed E-state index contributed by atoms with van der Waals surface area (Å²) in [6.45, 7) is 2.27. The Labute approximate surface area is 151 Å². The summed E-state index contributed by atoms with van der Waals surface area (Å²) in [6.07, 6.45) is 1.33. The number of halogens is 2. The maximum Gasteiger partial charge on any atom is 0.294 e. The van der Waals surface area contributed by atoms with Crippen molar-refractivity contribution in [2.45, 2.75) is 13.5 Å². The van der Waals surface area contributed by atoms with Crippen LogP contribution in [0.2, 0.25) is 10.0 Å². The predicted octanol–water partition coefficient (Wildman–Crippen LogP) is 4.42. The number of aromatic nitrogens is 2. The van der Waals surface area contributed by atoms with Crippen molar-refractivity contribution in [1.82, 2.24) is 9.78 Å². The van der Waals surface area contributed by atoms with Crippen molar-refractivity contribution in [2.24, 2.45) is 0 Å². The SMILES string of the molecule is Cc1ccc(COOc2cnn(-c3ccc(Cl)cc3)c(=O)c2Cl)s1. The summed E-state index contributed by atoms with van der Waals surface area (Å²) in [6, 6.07) is 10.6. The molecular formula is C16H12Cl2N2O3S. The third-order valence-electron chi connectivity index (χ3n) is 3.10. The van der Waals surface area contributed by atoms with Gasteiger partial charge in [0.1, 0.15) is 6.61 Å². The third-order valence-corrected chi connectivity index (χ3v) is 4.68. The van der Waals surface area contributed by atoms with Crippen molar-refractivity contribution in [1.29, 1.82) is 0 Å². The van der Waals surface area contributed by atoms with Crippen LogP contribution in [0.25, 0.3) is 5.69 Å². The number of thiophene rings is 1. The number of aryl methyl sites for hydroxylation is 1. The summed E-state index contributed by atoms with van der Waals surface area (Å²) in [5, 5.41) is 4.50. The average molecular weight is 383 g/mol. The minimum atomic E-state index is -0.507. The minimum Gasteiger partial charge on any atom is -0.334 e. The first-order chi connectivity index (χ1) is 11.5. The largest absolute Gasteiger partial charge is 0.334 e. The van der Waals surface area contributed by atoms with Gasteiger partial charge in [-0.25, -0.2) is 0 Å². The van der Waals surface area contributed by atoms with Crippen LogP contribution in [-0.2, 0) is 11.5 Å². The van der Waals surface area contributed by atoms with E-state index >= 15 is 0 Å². The van der Waals surface area contributed by atoms with Gasteiger partial charge in [0, 0.05) is 14.8 Å². The number of hydrogen-bond donors (Lipinski definition) is 0. The molecule has 3 aromatic rings. The first kappa shape index (κ1) is 17.0. The zero-order valence-corrected chi connectivity index (χ0v) is 14.9. The molecular weight excluding hydrogens is 371 g/mol. The third kappa shape index (κ3) is 3.79. The van der Waals surface area contributed by atoms with Gasteiger partial charge in [0.15, 0.2) is 5.02 Å². The van der Waals surface area contributed by atoms with Gasteiger partial charge >= 0.3 is 0 Å². The summed E-state index contributed by atoms with van der Waals surface area (Å²) in [5.41, 5.74) is 0.0416. The summed E-state index contributed by atoms with van der Waals surface area (Å²) < 4.78 is 1.16. The molecule has 2 aromatic heterocycles. The van der Waals surface area contributed by atoms with Crippen LogP contribution in [0.1, 0.15) is 9.75 Å². The second-order valence-corrected chi connectivity index (χ2v) is 7.06. The summed E-state index contributed by atoms with van der Waals surface area (Å²) in [7, 11) is 0. The number of nitrogens with zero attached hydrogens (tertiary/aromatic N) is 2. The average Bonchev–Trinajstić information content (AvgIpc) is 2.98. The molecule has 0 saturated carbocycles. The second-order valence-electron chi connectivity index (χ2n) is 4.87. The lowest BCUT2D eigenvalue weighted by molar-refractivity contribution is -0.217. The normalized spacial score (nSPS) is 10.8. The molecule has 0 aliphatic rings. The van der Waals surface area contributed by atoms with Crippen molar-refractivity contribution in [3.05, 3.63) is 72.7 Å². The van der Waals surface area contributed by atoms with E-state index in [1.54, 1.807) is 35.6 Å². The fourth-order valence-electron chi connectivity index (χ4n) is 1.96. The standard InChI is InChI=1S/C16H12Cl2N2O3S/c1-10-2-7-13(24-10)9-22-23-14-8-19-20(16(21)15(14)18)12-5-3-11(17)4-6-12/h2-8H,9H2,1H3. The second kappa shape index (κ2) is 7.36. The van der Waals surface area contributed by atoms with Crippen LogP contribution < -0.4 is 10.4 Å². The zero-order chi connectivity index (χ0) is 17.1. The van der Waals surface area contributed by atoms with Gasteiger partial charge in [0.2, 0.25) is 5.75 Å². The molecule has 0 fully saturated rings. The van der Waals surface area contributed by atoms with Gasteiger partial charge < -0.3 is 4.89 Å². The molecule has 0 saturated heterocycles. The Morgan fingerprint density at radius 3 is 2.58 bits per heavy atom. The summed E-state index contributed by atoms with van der Waals surface area (Å²) in [4.78, 5) is 24.8. The quantitative estimate of drug-likeness (QED) is 0.484. The maximum absolute atomic E-state index is 12.3. The van der Waals surface area contributed by atoms with Gasteiger partial charge in [-0.3, -0.25) is 4.79 Å². The van der Waals surface area contributed by atoms with Crippen molar-refractivity contribution in [3.63, 3.8) is 0 Å². The van der Waals surface area contributed by atoms with Crippen LogP contribution in [0, 0.1) is 6.92 Å². The van der Waals surface area contributed by atoms with E-state index in [1.165, 1.54) is 11.1 Å². The van der Waals surface area contributed by atoms with Crippen molar-refractivity contribution in [3.8, 4) is 11.4 Å². The highest BCUT2D eigenvalue weighted by Crippen LogP contribution is 2.22. The Morgan fingerprint density at radius 1 is 1.17 bits per heavy atom.